The van der Waals surface area contributed by atoms with Crippen molar-refractivity contribution in [1.29, 1.82) is 0 Å². The van der Waals surface area contributed by atoms with Crippen LogP contribution < -0.4 is 5.32 Å². The van der Waals surface area contributed by atoms with Gasteiger partial charge in [0.05, 0.1) is 17.3 Å². The van der Waals surface area contributed by atoms with E-state index < -0.39 is 0 Å². The molecule has 3 nitrogen and oxygen atoms in total. The van der Waals surface area contributed by atoms with Gasteiger partial charge in [-0.1, -0.05) is 98.8 Å². The molecule has 0 saturated carbocycles. The normalized spacial score (nSPS) is 30.9. The molecule has 3 heterocycles. The van der Waals surface area contributed by atoms with Crippen molar-refractivity contribution in [3.63, 3.8) is 0 Å². The predicted molar refractivity (Wildman–Crippen MR) is 178 cm³/mol. The molecule has 1 fully saturated rings. The van der Waals surface area contributed by atoms with E-state index in [9.17, 15) is 0 Å². The summed E-state index contributed by atoms with van der Waals surface area (Å²) in [7, 11) is 0. The maximum Gasteiger partial charge on any atom is 0.289 e. The molecule has 0 aromatic heterocycles. The van der Waals surface area contributed by atoms with Crippen molar-refractivity contribution in [2.45, 2.75) is 51.5 Å². The van der Waals surface area contributed by atoms with Crippen molar-refractivity contribution in [1.82, 2.24) is 5.32 Å². The summed E-state index contributed by atoms with van der Waals surface area (Å²) in [6.07, 6.45) is 11.5. The van der Waals surface area contributed by atoms with Crippen LogP contribution in [0.1, 0.15) is 56.5 Å². The van der Waals surface area contributed by atoms with Gasteiger partial charge in [-0.2, -0.15) is 4.58 Å². The molecule has 0 radical (unpaired) electrons. The van der Waals surface area contributed by atoms with Crippen LogP contribution in [0.15, 0.2) is 133 Å². The Morgan fingerprint density at radius 1 is 0.727 bits per heavy atom. The zero-order valence-corrected chi connectivity index (χ0v) is 25.5. The molecule has 216 valence electrons. The highest BCUT2D eigenvalue weighted by Gasteiger charge is 2.67. The third-order valence-corrected chi connectivity index (χ3v) is 11.6. The molecule has 5 atom stereocenters. The Hall–Kier alpha value is -4.47. The van der Waals surface area contributed by atoms with Crippen LogP contribution in [0.5, 0.6) is 0 Å². The van der Waals surface area contributed by atoms with Crippen molar-refractivity contribution in [3.05, 3.63) is 150 Å². The molecule has 5 aliphatic rings. The van der Waals surface area contributed by atoms with Crippen molar-refractivity contribution in [2.24, 2.45) is 10.8 Å². The van der Waals surface area contributed by atoms with Crippen molar-refractivity contribution >= 4 is 11.4 Å². The fourth-order valence-electron chi connectivity index (χ4n) is 8.55. The summed E-state index contributed by atoms with van der Waals surface area (Å²) >= 11 is 0. The third-order valence-electron chi connectivity index (χ3n) is 11.6. The average Bonchev–Trinajstić information content (AvgIpc) is 3.22. The van der Waals surface area contributed by atoms with Crippen LogP contribution in [-0.2, 0) is 4.74 Å². The number of hydrogen-bond acceptors (Lipinski definition) is 2. The Morgan fingerprint density at radius 3 is 2.11 bits per heavy atom. The van der Waals surface area contributed by atoms with Crippen LogP contribution in [0.2, 0.25) is 0 Å². The van der Waals surface area contributed by atoms with Crippen LogP contribution in [-0.4, -0.2) is 22.1 Å². The molecule has 9 rings (SSSR count). The Kier molecular flexibility index (Phi) is 5.33. The number of allylic oxidation sites excluding steroid dienone is 2. The van der Waals surface area contributed by atoms with Gasteiger partial charge in [0.2, 0.25) is 0 Å². The van der Waals surface area contributed by atoms with E-state index >= 15 is 0 Å². The van der Waals surface area contributed by atoms with Crippen LogP contribution in [0.3, 0.4) is 0 Å². The first-order valence-electron chi connectivity index (χ1n) is 15.9. The van der Waals surface area contributed by atoms with E-state index in [1.165, 1.54) is 50.2 Å². The molecule has 4 aromatic rings. The summed E-state index contributed by atoms with van der Waals surface area (Å²) < 4.78 is 9.53. The molecule has 0 amide bonds. The molecule has 44 heavy (non-hydrogen) atoms. The van der Waals surface area contributed by atoms with Gasteiger partial charge in [-0.25, -0.2) is 5.32 Å². The van der Waals surface area contributed by atoms with E-state index in [-0.39, 0.29) is 28.7 Å². The van der Waals surface area contributed by atoms with Gasteiger partial charge >= 0.3 is 0 Å². The van der Waals surface area contributed by atoms with E-state index in [1.807, 2.05) is 0 Å². The number of hydrogen-bond donors (Lipinski definition) is 1. The molecule has 5 unspecified atom stereocenters. The Bertz CT molecular complexity index is 1980. The van der Waals surface area contributed by atoms with Gasteiger partial charge in [0.25, 0.3) is 12.0 Å². The fraction of sp³-hybridized carbons (Fsp3) is 0.244. The standard InChI is InChI=1S/C41H36N2O/c1-39-26-35-18-19-36(39)44-41(3)21-20-34(25-40(39,41)2)32-16-8-14-30(23-32)28-12-7-13-29(22-28)31-15-9-17-33(24-31)38-42-37(43(35)38)27-10-5-4-6-11-27/h4-20,22-24,26,36,38H,21,25H2,1-3H3/p+1. The van der Waals surface area contributed by atoms with Gasteiger partial charge in [0.15, 0.2) is 0 Å². The summed E-state index contributed by atoms with van der Waals surface area (Å²) in [5.74, 6) is 1.14. The smallest absolute Gasteiger partial charge is 0.289 e. The number of fused-ring (bicyclic) bond motifs is 13. The number of ether oxygens (including phenoxy) is 1. The summed E-state index contributed by atoms with van der Waals surface area (Å²) in [5.41, 5.74) is 10.8. The van der Waals surface area contributed by atoms with Gasteiger partial charge in [0.1, 0.15) is 5.70 Å². The summed E-state index contributed by atoms with van der Waals surface area (Å²) in [4.78, 5) is 0. The number of nitrogens with zero attached hydrogens (tertiary/aromatic N) is 1. The number of amidine groups is 1. The SMILES string of the molecule is CC12CC=C3CC1(C)C1(C)C=C(C=CC1O2)[N+]1=C(c2ccccc2)NC1c1cccc(c1)-c1cccc(c1)-c1cccc3c1. The van der Waals surface area contributed by atoms with E-state index in [0.29, 0.717) is 0 Å². The topological polar surface area (TPSA) is 24.3 Å². The predicted octanol–water partition coefficient (Wildman–Crippen LogP) is 8.90. The maximum absolute atomic E-state index is 7.03. The molecular formula is C41H37N2O+. The minimum absolute atomic E-state index is 0.0263. The van der Waals surface area contributed by atoms with Gasteiger partial charge in [0, 0.05) is 16.4 Å². The Balaban J connectivity index is 1.30. The minimum atomic E-state index is -0.256. The maximum atomic E-state index is 7.03. The third kappa shape index (κ3) is 3.51. The van der Waals surface area contributed by atoms with E-state index in [4.69, 9.17) is 4.74 Å². The number of rotatable bonds is 1. The fourth-order valence-corrected chi connectivity index (χ4v) is 8.55. The van der Waals surface area contributed by atoms with Crippen LogP contribution in [0.25, 0.3) is 27.8 Å². The first kappa shape index (κ1) is 26.0. The van der Waals surface area contributed by atoms with Crippen LogP contribution in [0, 0.1) is 10.8 Å². The zero-order chi connectivity index (χ0) is 29.7. The second-order valence-electron chi connectivity index (χ2n) is 13.8. The summed E-state index contributed by atoms with van der Waals surface area (Å²) in [6, 6.07) is 37.9. The van der Waals surface area contributed by atoms with Gasteiger partial charge in [-0.05, 0) is 95.6 Å². The lowest BCUT2D eigenvalue weighted by atomic mass is 9.52. The zero-order valence-electron chi connectivity index (χ0n) is 25.5. The van der Waals surface area contributed by atoms with Crippen molar-refractivity contribution in [2.75, 3.05) is 0 Å². The second kappa shape index (κ2) is 9.03. The summed E-state index contributed by atoms with van der Waals surface area (Å²) in [5, 5.41) is 3.86. The summed E-state index contributed by atoms with van der Waals surface area (Å²) in [6.45, 7) is 7.26. The van der Waals surface area contributed by atoms with E-state index in [0.717, 1.165) is 18.7 Å². The first-order chi connectivity index (χ1) is 21.4. The van der Waals surface area contributed by atoms with E-state index in [2.05, 4.69) is 158 Å². The highest BCUT2D eigenvalue weighted by molar-refractivity contribution is 5.97. The Labute approximate surface area is 259 Å². The molecule has 0 spiro atoms. The van der Waals surface area contributed by atoms with Gasteiger partial charge < -0.3 is 4.74 Å². The average molecular weight is 574 g/mol. The molecule has 2 aliphatic carbocycles. The molecule has 1 N–H and O–H groups in total. The first-order valence-corrected chi connectivity index (χ1v) is 15.9. The number of benzene rings is 4. The molecule has 10 bridgehead atoms. The van der Waals surface area contributed by atoms with Crippen molar-refractivity contribution < 1.29 is 9.31 Å². The molecular weight excluding hydrogens is 536 g/mol. The highest BCUT2D eigenvalue weighted by atomic mass is 16.5. The van der Waals surface area contributed by atoms with Gasteiger partial charge in [-0.15, -0.1) is 0 Å². The Morgan fingerprint density at radius 2 is 1.36 bits per heavy atom. The molecule has 3 aliphatic heterocycles. The second-order valence-corrected chi connectivity index (χ2v) is 13.8. The van der Waals surface area contributed by atoms with Gasteiger partial charge in [-0.3, -0.25) is 0 Å². The lowest BCUT2D eigenvalue weighted by Crippen LogP contribution is -2.54. The quantitative estimate of drug-likeness (QED) is 0.230. The van der Waals surface area contributed by atoms with E-state index in [1.54, 1.807) is 0 Å². The van der Waals surface area contributed by atoms with Crippen LogP contribution >= 0.6 is 0 Å². The van der Waals surface area contributed by atoms with Crippen molar-refractivity contribution in [3.8, 4) is 22.3 Å². The monoisotopic (exact) mass is 573 g/mol. The highest BCUT2D eigenvalue weighted by Crippen LogP contribution is 2.66. The number of nitrogens with one attached hydrogen (secondary N) is 1. The lowest BCUT2D eigenvalue weighted by molar-refractivity contribution is -0.559. The minimum Gasteiger partial charge on any atom is -0.366 e. The largest absolute Gasteiger partial charge is 0.366 e. The van der Waals surface area contributed by atoms with Crippen LogP contribution in [0.4, 0.5) is 0 Å². The molecule has 1 saturated heterocycles. The molecule has 3 heteroatoms. The lowest BCUT2D eigenvalue weighted by Gasteiger charge is -2.50. The molecule has 4 aromatic carbocycles.